The van der Waals surface area contributed by atoms with Gasteiger partial charge in [0.15, 0.2) is 5.69 Å². The lowest BCUT2D eigenvalue weighted by Crippen LogP contribution is -2.12. The first-order valence-corrected chi connectivity index (χ1v) is 6.34. The van der Waals surface area contributed by atoms with Crippen molar-refractivity contribution in [1.29, 1.82) is 0 Å². The van der Waals surface area contributed by atoms with E-state index < -0.39 is 11.9 Å². The van der Waals surface area contributed by atoms with Crippen LogP contribution in [0.3, 0.4) is 0 Å². The Morgan fingerprint density at radius 2 is 2.26 bits per heavy atom. The van der Waals surface area contributed by atoms with Crippen molar-refractivity contribution in [1.82, 2.24) is 9.78 Å². The Labute approximate surface area is 117 Å². The quantitative estimate of drug-likeness (QED) is 0.875. The summed E-state index contributed by atoms with van der Waals surface area (Å²) in [6.07, 6.45) is 0. The van der Waals surface area contributed by atoms with Crippen LogP contribution in [0.5, 0.6) is 0 Å². The Kier molecular flexibility index (Phi) is 3.87. The molecule has 0 atom stereocenters. The van der Waals surface area contributed by atoms with Gasteiger partial charge < -0.3 is 9.84 Å². The molecule has 100 valence electrons. The van der Waals surface area contributed by atoms with E-state index in [4.69, 9.17) is 16.7 Å². The van der Waals surface area contributed by atoms with E-state index in [1.807, 2.05) is 0 Å². The summed E-state index contributed by atoms with van der Waals surface area (Å²) in [6.45, 7) is -0.345. The maximum atomic E-state index is 11.4. The maximum Gasteiger partial charge on any atom is 0.358 e. The summed E-state index contributed by atoms with van der Waals surface area (Å²) in [6, 6.07) is 4.91. The van der Waals surface area contributed by atoms with E-state index in [0.29, 0.717) is 10.0 Å². The first-order valence-electron chi connectivity index (χ1n) is 5.15. The maximum absolute atomic E-state index is 11.4. The zero-order valence-corrected chi connectivity index (χ0v) is 11.4. The molecule has 19 heavy (non-hydrogen) atoms. The summed E-state index contributed by atoms with van der Waals surface area (Å²) in [7, 11) is 1.24. The molecule has 0 saturated heterocycles. The van der Waals surface area contributed by atoms with Gasteiger partial charge in [-0.25, -0.2) is 4.79 Å². The van der Waals surface area contributed by atoms with Crippen LogP contribution >= 0.6 is 22.9 Å². The van der Waals surface area contributed by atoms with Crippen LogP contribution in [0.1, 0.15) is 10.5 Å². The number of hydrogen-bond donors (Lipinski definition) is 1. The van der Waals surface area contributed by atoms with E-state index >= 15 is 0 Å². The van der Waals surface area contributed by atoms with Crippen LogP contribution in [0, 0.1) is 0 Å². The third kappa shape index (κ3) is 2.94. The van der Waals surface area contributed by atoms with Gasteiger partial charge in [-0.15, -0.1) is 11.3 Å². The van der Waals surface area contributed by atoms with Crippen molar-refractivity contribution in [2.75, 3.05) is 7.11 Å². The Bertz CT molecular complexity index is 634. The van der Waals surface area contributed by atoms with E-state index in [9.17, 15) is 9.59 Å². The first-order chi connectivity index (χ1) is 9.01. The third-order valence-electron chi connectivity index (χ3n) is 2.29. The second-order valence-electron chi connectivity index (χ2n) is 3.56. The number of aromatic nitrogens is 2. The molecular formula is C11H9ClN2O4S. The van der Waals surface area contributed by atoms with Crippen molar-refractivity contribution in [3.63, 3.8) is 0 Å². The number of carboxylic acids is 1. The number of carbonyl (C=O) groups is 2. The van der Waals surface area contributed by atoms with E-state index in [2.05, 4.69) is 9.84 Å². The van der Waals surface area contributed by atoms with Gasteiger partial charge in [-0.3, -0.25) is 9.48 Å². The predicted molar refractivity (Wildman–Crippen MR) is 69.5 cm³/mol. The van der Waals surface area contributed by atoms with Crippen LogP contribution < -0.4 is 0 Å². The lowest BCUT2D eigenvalue weighted by Gasteiger charge is -2.01. The SMILES string of the molecule is COC(=O)c1cc(-c2ccc(Cl)s2)n(CC(=O)O)n1. The normalized spacial score (nSPS) is 10.4. The number of thiophene rings is 1. The standard InChI is InChI=1S/C11H9ClN2O4S/c1-18-11(17)6-4-7(8-2-3-9(12)19-8)14(13-6)5-10(15)16/h2-4H,5H2,1H3,(H,15,16). The van der Waals surface area contributed by atoms with Crippen LogP contribution in [0.25, 0.3) is 10.6 Å². The van der Waals surface area contributed by atoms with E-state index in [1.165, 1.54) is 29.2 Å². The van der Waals surface area contributed by atoms with E-state index in [-0.39, 0.29) is 12.2 Å². The van der Waals surface area contributed by atoms with Gasteiger partial charge in [0.2, 0.25) is 0 Å². The number of halogens is 1. The van der Waals surface area contributed by atoms with Crippen molar-refractivity contribution in [3.8, 4) is 10.6 Å². The predicted octanol–water partition coefficient (Wildman–Crippen LogP) is 2.14. The van der Waals surface area contributed by atoms with Gasteiger partial charge in [-0.1, -0.05) is 11.6 Å². The molecule has 0 aliphatic rings. The highest BCUT2D eigenvalue weighted by atomic mass is 35.5. The molecule has 2 aromatic heterocycles. The average molecular weight is 301 g/mol. The highest BCUT2D eigenvalue weighted by Crippen LogP contribution is 2.31. The summed E-state index contributed by atoms with van der Waals surface area (Å²) in [5, 5.41) is 12.8. The van der Waals surface area contributed by atoms with Gasteiger partial charge >= 0.3 is 11.9 Å². The zero-order valence-electron chi connectivity index (χ0n) is 9.79. The number of carboxylic acid groups (broad SMARTS) is 1. The number of hydrogen-bond acceptors (Lipinski definition) is 5. The van der Waals surface area contributed by atoms with Gasteiger partial charge in [0.1, 0.15) is 6.54 Å². The Hall–Kier alpha value is -1.86. The molecule has 0 amide bonds. The van der Waals surface area contributed by atoms with Crippen molar-refractivity contribution in [3.05, 3.63) is 28.2 Å². The van der Waals surface area contributed by atoms with Crippen LogP contribution in [0.2, 0.25) is 4.34 Å². The summed E-state index contributed by atoms with van der Waals surface area (Å²) in [5.74, 6) is -1.67. The second-order valence-corrected chi connectivity index (χ2v) is 5.28. The third-order valence-corrected chi connectivity index (χ3v) is 3.54. The molecule has 0 saturated carbocycles. The average Bonchev–Trinajstić information content (AvgIpc) is 2.94. The van der Waals surface area contributed by atoms with Gasteiger partial charge in [0.05, 0.1) is 22.0 Å². The molecule has 0 bridgehead atoms. The number of esters is 1. The first kappa shape index (κ1) is 13.6. The molecule has 0 unspecified atom stereocenters. The largest absolute Gasteiger partial charge is 0.480 e. The highest BCUT2D eigenvalue weighted by Gasteiger charge is 2.18. The molecule has 0 radical (unpaired) electrons. The van der Waals surface area contributed by atoms with Crippen LogP contribution in [-0.2, 0) is 16.1 Å². The minimum absolute atomic E-state index is 0.0586. The molecule has 6 nitrogen and oxygen atoms in total. The molecule has 2 rings (SSSR count). The lowest BCUT2D eigenvalue weighted by atomic mass is 10.3. The number of carbonyl (C=O) groups excluding carboxylic acids is 1. The number of ether oxygens (including phenoxy) is 1. The zero-order chi connectivity index (χ0) is 14.0. The fourth-order valence-corrected chi connectivity index (χ4v) is 2.58. The molecule has 1 N–H and O–H groups in total. The monoisotopic (exact) mass is 300 g/mol. The molecule has 0 fully saturated rings. The van der Waals surface area contributed by atoms with Gasteiger partial charge in [-0.2, -0.15) is 5.10 Å². The smallest absolute Gasteiger partial charge is 0.358 e. The fourth-order valence-electron chi connectivity index (χ4n) is 1.52. The Morgan fingerprint density at radius 3 is 2.79 bits per heavy atom. The van der Waals surface area contributed by atoms with Crippen molar-refractivity contribution in [2.45, 2.75) is 6.54 Å². The fraction of sp³-hybridized carbons (Fsp3) is 0.182. The number of aliphatic carboxylic acids is 1. The number of nitrogens with zero attached hydrogens (tertiary/aromatic N) is 2. The molecule has 0 aliphatic heterocycles. The minimum Gasteiger partial charge on any atom is -0.480 e. The van der Waals surface area contributed by atoms with E-state index in [1.54, 1.807) is 12.1 Å². The Morgan fingerprint density at radius 1 is 1.53 bits per heavy atom. The second kappa shape index (κ2) is 5.41. The van der Waals surface area contributed by atoms with Crippen molar-refractivity contribution in [2.24, 2.45) is 0 Å². The molecule has 2 heterocycles. The van der Waals surface area contributed by atoms with Gasteiger partial charge in [0.25, 0.3) is 0 Å². The summed E-state index contributed by atoms with van der Waals surface area (Å²) in [5.41, 5.74) is 0.572. The van der Waals surface area contributed by atoms with E-state index in [0.717, 1.165) is 4.88 Å². The lowest BCUT2D eigenvalue weighted by molar-refractivity contribution is -0.137. The molecular weight excluding hydrogens is 292 g/mol. The van der Waals surface area contributed by atoms with Crippen molar-refractivity contribution < 1.29 is 19.4 Å². The summed E-state index contributed by atoms with van der Waals surface area (Å²) >= 11 is 7.12. The molecule has 8 heteroatoms. The number of rotatable bonds is 4. The molecule has 0 aromatic carbocycles. The van der Waals surface area contributed by atoms with Crippen LogP contribution in [0.4, 0.5) is 0 Å². The molecule has 2 aromatic rings. The topological polar surface area (TPSA) is 81.4 Å². The van der Waals surface area contributed by atoms with Crippen LogP contribution in [-0.4, -0.2) is 33.9 Å². The van der Waals surface area contributed by atoms with Gasteiger partial charge in [0, 0.05) is 0 Å². The minimum atomic E-state index is -1.05. The highest BCUT2D eigenvalue weighted by molar-refractivity contribution is 7.19. The molecule has 0 spiro atoms. The number of methoxy groups -OCH3 is 1. The van der Waals surface area contributed by atoms with Crippen LogP contribution in [0.15, 0.2) is 18.2 Å². The van der Waals surface area contributed by atoms with Crippen molar-refractivity contribution >= 4 is 34.9 Å². The summed E-state index contributed by atoms with van der Waals surface area (Å²) in [4.78, 5) is 23.0. The van der Waals surface area contributed by atoms with Gasteiger partial charge in [-0.05, 0) is 18.2 Å². The Balaban J connectivity index is 2.47. The molecule has 0 aliphatic carbocycles. The summed E-state index contributed by atoms with van der Waals surface area (Å²) < 4.78 is 6.37.